The Balaban J connectivity index is 2.08. The molecule has 0 aliphatic rings. The molecule has 0 aliphatic carbocycles. The maximum Gasteiger partial charge on any atom is 0.516 e. The van der Waals surface area contributed by atoms with Crippen LogP contribution in [0.1, 0.15) is 10.4 Å². The Kier molecular flexibility index (Phi) is 3.71. The number of amides is 1. The van der Waals surface area contributed by atoms with Gasteiger partial charge in [-0.05, 0) is 33.7 Å². The third-order valence-corrected chi connectivity index (χ3v) is 4.60. The molecule has 24 heavy (non-hydrogen) atoms. The number of benzene rings is 3. The minimum atomic E-state index is -5.74. The van der Waals surface area contributed by atoms with E-state index in [0.717, 1.165) is 20.9 Å². The van der Waals surface area contributed by atoms with Gasteiger partial charge in [-0.3, -0.25) is 4.79 Å². The molecule has 0 saturated carbocycles. The van der Waals surface area contributed by atoms with Gasteiger partial charge in [0.2, 0.25) is 0 Å². The molecule has 0 aromatic heterocycles. The van der Waals surface area contributed by atoms with Gasteiger partial charge in [0.05, 0.1) is 0 Å². The predicted molar refractivity (Wildman–Crippen MR) is 83.9 cm³/mol. The second kappa shape index (κ2) is 5.48. The smallest absolute Gasteiger partial charge is 0.268 e. The standard InChI is InChI=1S/C16H10F3NO3S/c17-16(18,19)24(22,23)20-15(21)12-8-7-11-6-5-10-3-1-2-4-13(10)14(11)9-12/h1-9H,(H,20,21). The fraction of sp³-hybridized carbons (Fsp3) is 0.0625. The van der Waals surface area contributed by atoms with Crippen molar-refractivity contribution in [2.24, 2.45) is 0 Å². The highest BCUT2D eigenvalue weighted by Gasteiger charge is 2.47. The number of alkyl halides is 3. The van der Waals surface area contributed by atoms with Crippen LogP contribution >= 0.6 is 0 Å². The van der Waals surface area contributed by atoms with E-state index < -0.39 is 21.4 Å². The highest BCUT2D eigenvalue weighted by atomic mass is 32.2. The van der Waals surface area contributed by atoms with Crippen molar-refractivity contribution in [1.29, 1.82) is 0 Å². The van der Waals surface area contributed by atoms with Crippen molar-refractivity contribution in [2.75, 3.05) is 0 Å². The van der Waals surface area contributed by atoms with Gasteiger partial charge in [-0.25, -0.2) is 4.72 Å². The summed E-state index contributed by atoms with van der Waals surface area (Å²) >= 11 is 0. The zero-order chi connectivity index (χ0) is 17.5. The fourth-order valence-corrected chi connectivity index (χ4v) is 2.86. The van der Waals surface area contributed by atoms with Crippen LogP contribution in [-0.2, 0) is 10.0 Å². The van der Waals surface area contributed by atoms with Crippen LogP contribution in [0.2, 0.25) is 0 Å². The van der Waals surface area contributed by atoms with E-state index in [-0.39, 0.29) is 5.56 Å². The van der Waals surface area contributed by atoms with Crippen LogP contribution in [0, 0.1) is 0 Å². The first kappa shape index (κ1) is 16.3. The normalized spacial score (nSPS) is 12.5. The number of carbonyl (C=O) groups excluding carboxylic acids is 1. The summed E-state index contributed by atoms with van der Waals surface area (Å²) in [6, 6.07) is 15.2. The second-order valence-electron chi connectivity index (χ2n) is 5.10. The number of rotatable bonds is 2. The highest BCUT2D eigenvalue weighted by Crippen LogP contribution is 2.27. The lowest BCUT2D eigenvalue weighted by Gasteiger charge is -2.10. The molecule has 0 unspecified atom stereocenters. The lowest BCUT2D eigenvalue weighted by Crippen LogP contribution is -2.40. The summed E-state index contributed by atoms with van der Waals surface area (Å²) in [5, 5.41) is 3.13. The molecule has 3 rings (SSSR count). The number of hydrogen-bond donors (Lipinski definition) is 1. The van der Waals surface area contributed by atoms with E-state index in [9.17, 15) is 26.4 Å². The lowest BCUT2D eigenvalue weighted by atomic mass is 10.00. The van der Waals surface area contributed by atoms with Gasteiger partial charge >= 0.3 is 15.5 Å². The molecule has 0 aliphatic heterocycles. The molecule has 0 bridgehead atoms. The molecule has 0 heterocycles. The number of carbonyl (C=O) groups is 1. The highest BCUT2D eigenvalue weighted by molar-refractivity contribution is 7.90. The Morgan fingerprint density at radius 2 is 1.46 bits per heavy atom. The van der Waals surface area contributed by atoms with Crippen molar-refractivity contribution < 1.29 is 26.4 Å². The molecule has 0 radical (unpaired) electrons. The first-order chi connectivity index (χ1) is 11.2. The predicted octanol–water partition coefficient (Wildman–Crippen LogP) is 3.57. The van der Waals surface area contributed by atoms with Crippen molar-refractivity contribution in [3.8, 4) is 0 Å². The van der Waals surface area contributed by atoms with E-state index >= 15 is 0 Å². The summed E-state index contributed by atoms with van der Waals surface area (Å²) in [4.78, 5) is 11.9. The van der Waals surface area contributed by atoms with Crippen molar-refractivity contribution in [1.82, 2.24) is 4.72 Å². The van der Waals surface area contributed by atoms with E-state index in [0.29, 0.717) is 5.39 Å². The van der Waals surface area contributed by atoms with E-state index in [1.807, 2.05) is 30.3 Å². The van der Waals surface area contributed by atoms with Crippen LogP contribution < -0.4 is 4.72 Å². The van der Waals surface area contributed by atoms with Crippen molar-refractivity contribution in [2.45, 2.75) is 5.51 Å². The SMILES string of the molecule is O=C(NS(=O)(=O)C(F)(F)F)c1ccc2ccc3ccccc3c2c1. The van der Waals surface area contributed by atoms with Gasteiger partial charge in [-0.15, -0.1) is 0 Å². The molecule has 3 aromatic rings. The molecule has 4 nitrogen and oxygen atoms in total. The molecular weight excluding hydrogens is 343 g/mol. The molecule has 124 valence electrons. The maximum absolute atomic E-state index is 12.4. The van der Waals surface area contributed by atoms with Crippen LogP contribution in [0.3, 0.4) is 0 Å². The fourth-order valence-electron chi connectivity index (χ4n) is 2.38. The molecular formula is C16H10F3NO3S. The first-order valence-corrected chi connectivity index (χ1v) is 8.22. The summed E-state index contributed by atoms with van der Waals surface area (Å²) in [5.41, 5.74) is -5.72. The van der Waals surface area contributed by atoms with Gasteiger partial charge < -0.3 is 0 Å². The average Bonchev–Trinajstić information content (AvgIpc) is 2.52. The van der Waals surface area contributed by atoms with Crippen LogP contribution in [0.25, 0.3) is 21.5 Å². The maximum atomic E-state index is 12.4. The summed E-state index contributed by atoms with van der Waals surface area (Å²) in [6.45, 7) is 0. The van der Waals surface area contributed by atoms with E-state index in [2.05, 4.69) is 0 Å². The average molecular weight is 353 g/mol. The van der Waals surface area contributed by atoms with Crippen LogP contribution in [0.5, 0.6) is 0 Å². The minimum Gasteiger partial charge on any atom is -0.268 e. The first-order valence-electron chi connectivity index (χ1n) is 6.74. The minimum absolute atomic E-state index is 0.174. The van der Waals surface area contributed by atoms with Gasteiger partial charge in [-0.1, -0.05) is 42.5 Å². The molecule has 1 N–H and O–H groups in total. The quantitative estimate of drug-likeness (QED) is 0.717. The van der Waals surface area contributed by atoms with Gasteiger partial charge in [0, 0.05) is 5.56 Å². The van der Waals surface area contributed by atoms with Crippen LogP contribution in [0.4, 0.5) is 13.2 Å². The number of nitrogens with one attached hydrogen (secondary N) is 1. The molecule has 0 fully saturated rings. The van der Waals surface area contributed by atoms with E-state index in [4.69, 9.17) is 0 Å². The summed E-state index contributed by atoms with van der Waals surface area (Å²) < 4.78 is 60.2. The molecule has 0 spiro atoms. The molecule has 3 aromatic carbocycles. The Labute approximate surface area is 134 Å². The number of halogens is 3. The van der Waals surface area contributed by atoms with Gasteiger partial charge in [0.1, 0.15) is 0 Å². The van der Waals surface area contributed by atoms with Crippen molar-refractivity contribution in [3.05, 3.63) is 60.2 Å². The van der Waals surface area contributed by atoms with Gasteiger partial charge in [0.25, 0.3) is 5.91 Å². The molecule has 0 saturated heterocycles. The summed E-state index contributed by atoms with van der Waals surface area (Å²) in [6.07, 6.45) is 0. The Hall–Kier alpha value is -2.61. The monoisotopic (exact) mass is 353 g/mol. The van der Waals surface area contributed by atoms with Gasteiger partial charge in [-0.2, -0.15) is 21.6 Å². The number of hydrogen-bond acceptors (Lipinski definition) is 3. The topological polar surface area (TPSA) is 63.2 Å². The second-order valence-corrected chi connectivity index (χ2v) is 6.78. The van der Waals surface area contributed by atoms with E-state index in [1.165, 1.54) is 12.1 Å². The summed E-state index contributed by atoms with van der Waals surface area (Å²) in [5.74, 6) is -1.33. The van der Waals surface area contributed by atoms with Crippen molar-refractivity contribution >= 4 is 37.5 Å². The van der Waals surface area contributed by atoms with Crippen LogP contribution in [-0.4, -0.2) is 19.8 Å². The van der Waals surface area contributed by atoms with Crippen LogP contribution in [0.15, 0.2) is 54.6 Å². The lowest BCUT2D eigenvalue weighted by molar-refractivity contribution is -0.0446. The Morgan fingerprint density at radius 1 is 0.875 bits per heavy atom. The summed E-state index contributed by atoms with van der Waals surface area (Å²) in [7, 11) is -5.74. The molecule has 0 atom stereocenters. The van der Waals surface area contributed by atoms with E-state index in [1.54, 1.807) is 12.1 Å². The zero-order valence-corrected chi connectivity index (χ0v) is 12.8. The molecule has 8 heteroatoms. The third kappa shape index (κ3) is 2.80. The largest absolute Gasteiger partial charge is 0.516 e. The number of sulfonamides is 1. The Bertz CT molecular complexity index is 1060. The third-order valence-electron chi connectivity index (χ3n) is 3.54. The van der Waals surface area contributed by atoms with Crippen molar-refractivity contribution in [3.63, 3.8) is 0 Å². The zero-order valence-electron chi connectivity index (χ0n) is 12.0. The number of fused-ring (bicyclic) bond motifs is 3. The Morgan fingerprint density at radius 3 is 2.12 bits per heavy atom. The van der Waals surface area contributed by atoms with Gasteiger partial charge in [0.15, 0.2) is 0 Å². The molecule has 1 amide bonds.